The van der Waals surface area contributed by atoms with Crippen LogP contribution in [-0.2, 0) is 13.0 Å². The van der Waals surface area contributed by atoms with Crippen LogP contribution < -0.4 is 4.90 Å². The second kappa shape index (κ2) is 9.02. The van der Waals surface area contributed by atoms with Crippen molar-refractivity contribution in [3.05, 3.63) is 16.0 Å². The number of hydrogen-bond donors (Lipinski definition) is 2. The number of nitrogens with zero attached hydrogens (tertiary/aromatic N) is 3. The highest BCUT2D eigenvalue weighted by molar-refractivity contribution is 7.18. The summed E-state index contributed by atoms with van der Waals surface area (Å²) in [7, 11) is 0. The lowest BCUT2D eigenvalue weighted by Crippen LogP contribution is -2.48. The molecule has 6 nitrogen and oxygen atoms in total. The smallest absolute Gasteiger partial charge is 0.390 e. The standard InChI is InChI=1S/C20H30F3N3O3S/c1-3-14-15-11-24(4-2)13-26(10-7-20(21,22)23)18(15)30-16(14)17(28)25-8-5-19(29,12-27)6-9-25/h27,29H,3-13H2,1-2H3. The number of likely N-dealkylation sites (tertiary alicyclic amines) is 1. The number of anilines is 1. The van der Waals surface area contributed by atoms with E-state index < -0.39 is 18.2 Å². The van der Waals surface area contributed by atoms with Crippen LogP contribution in [0.25, 0.3) is 0 Å². The zero-order chi connectivity index (χ0) is 22.1. The number of thiophene rings is 1. The molecule has 0 spiro atoms. The van der Waals surface area contributed by atoms with E-state index in [1.54, 1.807) is 9.80 Å². The molecule has 1 saturated heterocycles. The minimum Gasteiger partial charge on any atom is -0.393 e. The van der Waals surface area contributed by atoms with Crippen molar-refractivity contribution in [1.82, 2.24) is 9.80 Å². The Morgan fingerprint density at radius 2 is 1.90 bits per heavy atom. The molecule has 0 unspecified atom stereocenters. The number of halogens is 3. The number of amides is 1. The number of rotatable bonds is 6. The zero-order valence-corrected chi connectivity index (χ0v) is 18.3. The fraction of sp³-hybridized carbons (Fsp3) is 0.750. The molecule has 3 rings (SSSR count). The Bertz CT molecular complexity index is 760. The van der Waals surface area contributed by atoms with Gasteiger partial charge in [0.25, 0.3) is 5.91 Å². The van der Waals surface area contributed by atoms with E-state index in [2.05, 4.69) is 4.90 Å². The van der Waals surface area contributed by atoms with Gasteiger partial charge in [-0.3, -0.25) is 9.69 Å². The molecular weight excluding hydrogens is 419 g/mol. The number of aliphatic hydroxyl groups is 2. The van der Waals surface area contributed by atoms with E-state index in [9.17, 15) is 28.2 Å². The van der Waals surface area contributed by atoms with Crippen LogP contribution in [0.5, 0.6) is 0 Å². The number of carbonyl (C=O) groups is 1. The summed E-state index contributed by atoms with van der Waals surface area (Å²) in [6, 6.07) is 0. The Labute approximate surface area is 178 Å². The molecular formula is C20H30F3N3O3S. The third-order valence-corrected chi connectivity index (χ3v) is 7.39. The van der Waals surface area contributed by atoms with Gasteiger partial charge in [0.15, 0.2) is 0 Å². The Kier molecular flexibility index (Phi) is 7.01. The molecule has 0 saturated carbocycles. The number of carbonyl (C=O) groups excluding carboxylic acids is 1. The maximum atomic E-state index is 13.3. The minimum absolute atomic E-state index is 0.127. The third-order valence-electron chi connectivity index (χ3n) is 6.07. The average molecular weight is 450 g/mol. The second-order valence-electron chi connectivity index (χ2n) is 8.14. The van der Waals surface area contributed by atoms with E-state index >= 15 is 0 Å². The summed E-state index contributed by atoms with van der Waals surface area (Å²) in [6.45, 7) is 5.95. The summed E-state index contributed by atoms with van der Waals surface area (Å²) >= 11 is 1.29. The van der Waals surface area contributed by atoms with Gasteiger partial charge in [0.2, 0.25) is 0 Å². The van der Waals surface area contributed by atoms with Crippen molar-refractivity contribution in [3.63, 3.8) is 0 Å². The molecule has 2 aliphatic rings. The van der Waals surface area contributed by atoms with E-state index in [1.807, 2.05) is 13.8 Å². The maximum absolute atomic E-state index is 13.3. The van der Waals surface area contributed by atoms with Gasteiger partial charge in [0, 0.05) is 31.7 Å². The highest BCUT2D eigenvalue weighted by Gasteiger charge is 2.37. The molecule has 10 heteroatoms. The van der Waals surface area contributed by atoms with Gasteiger partial charge in [-0.2, -0.15) is 13.2 Å². The molecule has 1 aromatic heterocycles. The lowest BCUT2D eigenvalue weighted by molar-refractivity contribution is -0.132. The summed E-state index contributed by atoms with van der Waals surface area (Å²) in [5, 5.41) is 20.3. The molecule has 1 amide bonds. The van der Waals surface area contributed by atoms with Crippen molar-refractivity contribution in [2.45, 2.75) is 57.9 Å². The molecule has 0 bridgehead atoms. The molecule has 2 N–H and O–H groups in total. The van der Waals surface area contributed by atoms with Crippen molar-refractivity contribution in [2.75, 3.05) is 44.4 Å². The van der Waals surface area contributed by atoms with Crippen LogP contribution in [0.1, 0.15) is 53.9 Å². The fourth-order valence-electron chi connectivity index (χ4n) is 4.10. The molecule has 2 aliphatic heterocycles. The van der Waals surface area contributed by atoms with Crippen molar-refractivity contribution in [2.24, 2.45) is 0 Å². The summed E-state index contributed by atoms with van der Waals surface area (Å²) in [5.74, 6) is -0.134. The van der Waals surface area contributed by atoms with Crippen LogP contribution in [0, 0.1) is 0 Å². The Balaban J connectivity index is 1.87. The fourth-order valence-corrected chi connectivity index (χ4v) is 5.49. The number of hydrogen-bond acceptors (Lipinski definition) is 6. The van der Waals surface area contributed by atoms with Crippen LogP contribution in [0.3, 0.4) is 0 Å². The van der Waals surface area contributed by atoms with Crippen molar-refractivity contribution < 1.29 is 28.2 Å². The molecule has 0 aromatic carbocycles. The SMILES string of the molecule is CCc1c(C(=O)N2CCC(O)(CO)CC2)sc2c1CN(CC)CN2CCC(F)(F)F. The molecule has 0 aliphatic carbocycles. The predicted molar refractivity (Wildman–Crippen MR) is 110 cm³/mol. The quantitative estimate of drug-likeness (QED) is 0.699. The zero-order valence-electron chi connectivity index (χ0n) is 17.5. The van der Waals surface area contributed by atoms with E-state index in [1.165, 1.54) is 11.3 Å². The molecule has 1 fully saturated rings. The molecule has 0 radical (unpaired) electrons. The largest absolute Gasteiger partial charge is 0.393 e. The predicted octanol–water partition coefficient (Wildman–Crippen LogP) is 2.82. The van der Waals surface area contributed by atoms with Gasteiger partial charge in [-0.15, -0.1) is 11.3 Å². The van der Waals surface area contributed by atoms with Crippen molar-refractivity contribution >= 4 is 22.2 Å². The number of piperidine rings is 1. The maximum Gasteiger partial charge on any atom is 0.390 e. The van der Waals surface area contributed by atoms with E-state index in [0.717, 1.165) is 22.7 Å². The summed E-state index contributed by atoms with van der Waals surface area (Å²) in [4.78, 5) is 19.4. The average Bonchev–Trinajstić information content (AvgIpc) is 3.09. The lowest BCUT2D eigenvalue weighted by atomic mass is 9.92. The first-order chi connectivity index (χ1) is 14.1. The van der Waals surface area contributed by atoms with Crippen molar-refractivity contribution in [3.8, 4) is 0 Å². The van der Waals surface area contributed by atoms with E-state index in [0.29, 0.717) is 50.4 Å². The van der Waals surface area contributed by atoms with E-state index in [4.69, 9.17) is 0 Å². The van der Waals surface area contributed by atoms with Crippen LogP contribution >= 0.6 is 11.3 Å². The second-order valence-corrected chi connectivity index (χ2v) is 9.14. The first kappa shape index (κ1) is 23.3. The van der Waals surface area contributed by atoms with Gasteiger partial charge in [0.1, 0.15) is 0 Å². The van der Waals surface area contributed by atoms with Crippen LogP contribution in [-0.4, -0.2) is 77.2 Å². The molecule has 170 valence electrons. The number of alkyl halides is 3. The molecule has 3 heterocycles. The lowest BCUT2D eigenvalue weighted by Gasteiger charge is -2.37. The first-order valence-electron chi connectivity index (χ1n) is 10.4. The van der Waals surface area contributed by atoms with Gasteiger partial charge in [-0.1, -0.05) is 13.8 Å². The summed E-state index contributed by atoms with van der Waals surface area (Å²) < 4.78 is 38.5. The number of aliphatic hydroxyl groups excluding tert-OH is 1. The highest BCUT2D eigenvalue weighted by atomic mass is 32.1. The van der Waals surface area contributed by atoms with E-state index in [-0.39, 0.29) is 19.1 Å². The monoisotopic (exact) mass is 449 g/mol. The topological polar surface area (TPSA) is 67.2 Å². The summed E-state index contributed by atoms with van der Waals surface area (Å²) in [5.41, 5.74) is 0.734. The third kappa shape index (κ3) is 4.92. The number of fused-ring (bicyclic) bond motifs is 1. The molecule has 30 heavy (non-hydrogen) atoms. The molecule has 0 atom stereocenters. The Hall–Kier alpha value is -1.36. The van der Waals surface area contributed by atoms with Gasteiger partial charge >= 0.3 is 6.18 Å². The van der Waals surface area contributed by atoms with Gasteiger partial charge in [0.05, 0.1) is 35.2 Å². The van der Waals surface area contributed by atoms with Crippen LogP contribution in [0.15, 0.2) is 0 Å². The van der Waals surface area contributed by atoms with Gasteiger partial charge < -0.3 is 20.0 Å². The minimum atomic E-state index is -4.23. The Morgan fingerprint density at radius 3 is 2.43 bits per heavy atom. The molecule has 1 aromatic rings. The van der Waals surface area contributed by atoms with Gasteiger partial charge in [-0.05, 0) is 31.4 Å². The van der Waals surface area contributed by atoms with Crippen LogP contribution in [0.2, 0.25) is 0 Å². The van der Waals surface area contributed by atoms with Crippen LogP contribution in [0.4, 0.5) is 18.2 Å². The first-order valence-corrected chi connectivity index (χ1v) is 11.2. The normalized spacial score (nSPS) is 19.8. The summed E-state index contributed by atoms with van der Waals surface area (Å²) in [6.07, 6.45) is -3.87. The Morgan fingerprint density at radius 1 is 1.23 bits per heavy atom. The highest BCUT2D eigenvalue weighted by Crippen LogP contribution is 2.41. The van der Waals surface area contributed by atoms with Gasteiger partial charge in [-0.25, -0.2) is 0 Å². The van der Waals surface area contributed by atoms with Crippen molar-refractivity contribution in [1.29, 1.82) is 0 Å².